The van der Waals surface area contributed by atoms with Gasteiger partial charge in [-0.25, -0.2) is 4.39 Å². The highest BCUT2D eigenvalue weighted by molar-refractivity contribution is 9.10. The van der Waals surface area contributed by atoms with E-state index in [-0.39, 0.29) is 5.82 Å². The van der Waals surface area contributed by atoms with Crippen LogP contribution >= 0.6 is 15.9 Å². The van der Waals surface area contributed by atoms with E-state index in [0.29, 0.717) is 29.8 Å². The first-order valence-electron chi connectivity index (χ1n) is 6.49. The average Bonchev–Trinajstić information content (AvgIpc) is 2.49. The van der Waals surface area contributed by atoms with E-state index in [1.807, 2.05) is 36.1 Å². The maximum Gasteiger partial charge on any atom is 0.160 e. The minimum absolute atomic E-state index is 0.272. The molecular formula is C15H17BrFN3. The number of rotatable bonds is 5. The van der Waals surface area contributed by atoms with Crippen molar-refractivity contribution in [3.8, 4) is 0 Å². The van der Waals surface area contributed by atoms with Gasteiger partial charge in [-0.1, -0.05) is 12.1 Å². The maximum atomic E-state index is 14.4. The molecule has 0 atom stereocenters. The largest absolute Gasteiger partial charge is 0.364 e. The zero-order chi connectivity index (χ0) is 14.5. The monoisotopic (exact) mass is 337 g/mol. The molecule has 106 valence electrons. The highest BCUT2D eigenvalue weighted by Crippen LogP contribution is 2.30. The fourth-order valence-electron chi connectivity index (χ4n) is 2.04. The van der Waals surface area contributed by atoms with Crippen molar-refractivity contribution in [2.24, 2.45) is 5.73 Å². The summed E-state index contributed by atoms with van der Waals surface area (Å²) in [5.74, 6) is -0.272. The lowest BCUT2D eigenvalue weighted by Crippen LogP contribution is -2.24. The second-order valence-corrected chi connectivity index (χ2v) is 5.20. The van der Waals surface area contributed by atoms with Gasteiger partial charge in [0.1, 0.15) is 0 Å². The van der Waals surface area contributed by atoms with Crippen LogP contribution in [-0.4, -0.2) is 11.5 Å². The summed E-state index contributed by atoms with van der Waals surface area (Å²) in [6, 6.07) is 9.36. The Labute approximate surface area is 126 Å². The van der Waals surface area contributed by atoms with Gasteiger partial charge in [0.05, 0.1) is 22.4 Å². The molecule has 3 nitrogen and oxygen atoms in total. The quantitative estimate of drug-likeness (QED) is 0.908. The molecule has 0 spiro atoms. The van der Waals surface area contributed by atoms with Gasteiger partial charge in [-0.15, -0.1) is 0 Å². The number of nitrogens with zero attached hydrogens (tertiary/aromatic N) is 2. The Balaban J connectivity index is 2.30. The van der Waals surface area contributed by atoms with Gasteiger partial charge in [0, 0.05) is 19.3 Å². The molecule has 0 saturated carbocycles. The van der Waals surface area contributed by atoms with Crippen LogP contribution in [0, 0.1) is 5.82 Å². The lowest BCUT2D eigenvalue weighted by molar-refractivity contribution is 0.608. The molecule has 1 aromatic heterocycles. The molecule has 1 aromatic carbocycles. The van der Waals surface area contributed by atoms with E-state index in [4.69, 9.17) is 5.73 Å². The lowest BCUT2D eigenvalue weighted by Gasteiger charge is -2.24. The van der Waals surface area contributed by atoms with Gasteiger partial charge in [-0.05, 0) is 46.6 Å². The van der Waals surface area contributed by atoms with Gasteiger partial charge < -0.3 is 10.6 Å². The predicted molar refractivity (Wildman–Crippen MR) is 83.0 cm³/mol. The second-order valence-electron chi connectivity index (χ2n) is 4.41. The first-order chi connectivity index (χ1) is 9.67. The van der Waals surface area contributed by atoms with Crippen molar-refractivity contribution >= 4 is 21.6 Å². The summed E-state index contributed by atoms with van der Waals surface area (Å²) in [7, 11) is 0. The normalized spacial score (nSPS) is 10.6. The number of benzene rings is 1. The van der Waals surface area contributed by atoms with Crippen LogP contribution in [0.3, 0.4) is 0 Å². The molecule has 2 rings (SSSR count). The van der Waals surface area contributed by atoms with Crippen LogP contribution < -0.4 is 10.6 Å². The summed E-state index contributed by atoms with van der Waals surface area (Å²) in [6.45, 7) is 3.57. The summed E-state index contributed by atoms with van der Waals surface area (Å²) >= 11 is 3.28. The minimum atomic E-state index is -0.272. The van der Waals surface area contributed by atoms with E-state index in [1.165, 1.54) is 0 Å². The topological polar surface area (TPSA) is 42.2 Å². The van der Waals surface area contributed by atoms with Gasteiger partial charge in [0.25, 0.3) is 0 Å². The molecule has 0 fully saturated rings. The smallest absolute Gasteiger partial charge is 0.160 e. The molecule has 20 heavy (non-hydrogen) atoms. The van der Waals surface area contributed by atoms with Crippen LogP contribution in [0.1, 0.15) is 18.2 Å². The minimum Gasteiger partial charge on any atom is -0.364 e. The van der Waals surface area contributed by atoms with Crippen LogP contribution in [0.5, 0.6) is 0 Å². The highest BCUT2D eigenvalue weighted by atomic mass is 79.9. The Morgan fingerprint density at radius 2 is 2.10 bits per heavy atom. The third-order valence-corrected chi connectivity index (χ3v) is 4.02. The molecule has 2 N–H and O–H groups in total. The number of anilines is 1. The van der Waals surface area contributed by atoms with Crippen molar-refractivity contribution in [2.75, 3.05) is 11.4 Å². The molecule has 0 unspecified atom stereocenters. The molecule has 0 aliphatic heterocycles. The third kappa shape index (κ3) is 3.16. The van der Waals surface area contributed by atoms with Crippen LogP contribution in [0.2, 0.25) is 0 Å². The fraction of sp³-hybridized carbons (Fsp3) is 0.267. The van der Waals surface area contributed by atoms with E-state index in [0.717, 1.165) is 11.3 Å². The molecule has 0 radical (unpaired) electrons. The Kier molecular flexibility index (Phi) is 5.09. The zero-order valence-electron chi connectivity index (χ0n) is 11.3. The van der Waals surface area contributed by atoms with Gasteiger partial charge in [0.15, 0.2) is 5.82 Å². The SMILES string of the molecule is CCN(Cc1ccccn1)c1ccc(CN)c(Br)c1F. The van der Waals surface area contributed by atoms with Gasteiger partial charge in [-0.2, -0.15) is 0 Å². The van der Waals surface area contributed by atoms with Crippen molar-refractivity contribution in [1.82, 2.24) is 4.98 Å². The number of pyridine rings is 1. The average molecular weight is 338 g/mol. The van der Waals surface area contributed by atoms with Crippen molar-refractivity contribution in [2.45, 2.75) is 20.0 Å². The zero-order valence-corrected chi connectivity index (χ0v) is 12.9. The molecule has 0 saturated heterocycles. The van der Waals surface area contributed by atoms with Crippen molar-refractivity contribution in [3.05, 3.63) is 58.1 Å². The Morgan fingerprint density at radius 1 is 1.30 bits per heavy atom. The Morgan fingerprint density at radius 3 is 2.70 bits per heavy atom. The molecule has 0 amide bonds. The molecular weight excluding hydrogens is 321 g/mol. The van der Waals surface area contributed by atoms with Crippen molar-refractivity contribution in [3.63, 3.8) is 0 Å². The summed E-state index contributed by atoms with van der Waals surface area (Å²) in [4.78, 5) is 6.23. The molecule has 0 aliphatic carbocycles. The van der Waals surface area contributed by atoms with Crippen LogP contribution in [0.25, 0.3) is 0 Å². The van der Waals surface area contributed by atoms with E-state index in [9.17, 15) is 4.39 Å². The molecule has 0 bridgehead atoms. The first kappa shape index (κ1) is 14.9. The van der Waals surface area contributed by atoms with Crippen molar-refractivity contribution in [1.29, 1.82) is 0 Å². The van der Waals surface area contributed by atoms with E-state index >= 15 is 0 Å². The van der Waals surface area contributed by atoms with E-state index in [1.54, 1.807) is 12.3 Å². The summed E-state index contributed by atoms with van der Waals surface area (Å²) in [5.41, 5.74) is 7.81. The van der Waals surface area contributed by atoms with E-state index in [2.05, 4.69) is 20.9 Å². The third-order valence-electron chi connectivity index (χ3n) is 3.16. The molecule has 0 aliphatic rings. The number of hydrogen-bond donors (Lipinski definition) is 1. The molecule has 5 heteroatoms. The summed E-state index contributed by atoms with van der Waals surface area (Å²) in [6.07, 6.45) is 1.74. The van der Waals surface area contributed by atoms with Gasteiger partial charge in [-0.3, -0.25) is 4.98 Å². The number of halogens is 2. The summed E-state index contributed by atoms with van der Waals surface area (Å²) < 4.78 is 14.9. The predicted octanol–water partition coefficient (Wildman–Crippen LogP) is 3.47. The van der Waals surface area contributed by atoms with Crippen LogP contribution in [-0.2, 0) is 13.1 Å². The first-order valence-corrected chi connectivity index (χ1v) is 7.28. The van der Waals surface area contributed by atoms with Crippen molar-refractivity contribution < 1.29 is 4.39 Å². The van der Waals surface area contributed by atoms with E-state index < -0.39 is 0 Å². The Hall–Kier alpha value is -1.46. The lowest BCUT2D eigenvalue weighted by atomic mass is 10.1. The number of hydrogen-bond acceptors (Lipinski definition) is 3. The number of aromatic nitrogens is 1. The van der Waals surface area contributed by atoms with Crippen LogP contribution in [0.4, 0.5) is 10.1 Å². The highest BCUT2D eigenvalue weighted by Gasteiger charge is 2.15. The van der Waals surface area contributed by atoms with Gasteiger partial charge in [0.2, 0.25) is 0 Å². The summed E-state index contributed by atoms with van der Waals surface area (Å²) in [5, 5.41) is 0. The molecule has 2 aromatic rings. The fourth-order valence-corrected chi connectivity index (χ4v) is 2.53. The second kappa shape index (κ2) is 6.81. The Bertz CT molecular complexity index is 575. The maximum absolute atomic E-state index is 14.4. The molecule has 1 heterocycles. The van der Waals surface area contributed by atoms with Gasteiger partial charge >= 0.3 is 0 Å². The number of nitrogens with two attached hydrogens (primary N) is 1. The van der Waals surface area contributed by atoms with Crippen LogP contribution in [0.15, 0.2) is 41.0 Å². The standard InChI is InChI=1S/C15H17BrFN3/c1-2-20(10-12-5-3-4-8-19-12)13-7-6-11(9-18)14(16)15(13)17/h3-8H,2,9-10,18H2,1H3.